The molecule has 1 aromatic heterocycles. The van der Waals surface area contributed by atoms with Crippen LogP contribution >= 0.6 is 0 Å². The van der Waals surface area contributed by atoms with Crippen molar-refractivity contribution in [2.24, 2.45) is 11.8 Å². The van der Waals surface area contributed by atoms with Crippen LogP contribution in [0.1, 0.15) is 75.9 Å². The van der Waals surface area contributed by atoms with E-state index >= 15 is 0 Å². The third kappa shape index (κ3) is 3.95. The summed E-state index contributed by atoms with van der Waals surface area (Å²) >= 11 is 0. The molecule has 6 nitrogen and oxygen atoms in total. The second kappa shape index (κ2) is 7.67. The van der Waals surface area contributed by atoms with Gasteiger partial charge in [0, 0.05) is 32.0 Å². The first-order chi connectivity index (χ1) is 12.7. The fourth-order valence-electron chi connectivity index (χ4n) is 4.82. The number of ether oxygens (including phenoxy) is 1. The van der Waals surface area contributed by atoms with Gasteiger partial charge in [0.2, 0.25) is 5.91 Å². The summed E-state index contributed by atoms with van der Waals surface area (Å²) < 4.78 is 10.5. The number of amides is 1. The lowest BCUT2D eigenvalue weighted by Crippen LogP contribution is -2.46. The Morgan fingerprint density at radius 3 is 2.58 bits per heavy atom. The van der Waals surface area contributed by atoms with Crippen molar-refractivity contribution in [1.29, 1.82) is 0 Å². The maximum atomic E-state index is 12.7. The molecule has 1 aliphatic heterocycles. The molecular formula is C20H31N3O3. The van der Waals surface area contributed by atoms with Gasteiger partial charge in [-0.1, -0.05) is 30.8 Å². The Morgan fingerprint density at radius 2 is 1.92 bits per heavy atom. The van der Waals surface area contributed by atoms with E-state index in [0.29, 0.717) is 24.3 Å². The van der Waals surface area contributed by atoms with Crippen molar-refractivity contribution in [2.75, 3.05) is 20.2 Å². The second-order valence-electron chi connectivity index (χ2n) is 8.61. The Morgan fingerprint density at radius 1 is 1.19 bits per heavy atom. The number of hydrogen-bond donors (Lipinski definition) is 0. The van der Waals surface area contributed by atoms with Crippen LogP contribution < -0.4 is 0 Å². The Hall–Kier alpha value is -1.43. The zero-order chi connectivity index (χ0) is 18.0. The van der Waals surface area contributed by atoms with E-state index in [4.69, 9.17) is 9.26 Å². The van der Waals surface area contributed by atoms with E-state index in [2.05, 4.69) is 15.0 Å². The number of aromatic nitrogens is 2. The maximum absolute atomic E-state index is 12.7. The molecule has 4 rings (SSSR count). The van der Waals surface area contributed by atoms with Crippen molar-refractivity contribution >= 4 is 5.91 Å². The van der Waals surface area contributed by atoms with Gasteiger partial charge in [-0.3, -0.25) is 4.79 Å². The van der Waals surface area contributed by atoms with Crippen molar-refractivity contribution < 1.29 is 14.1 Å². The number of rotatable bonds is 7. The van der Waals surface area contributed by atoms with Gasteiger partial charge in [-0.25, -0.2) is 0 Å². The molecule has 0 N–H and O–H groups in total. The van der Waals surface area contributed by atoms with E-state index in [-0.39, 0.29) is 5.41 Å². The number of methoxy groups -OCH3 is 1. The highest BCUT2D eigenvalue weighted by atomic mass is 16.5. The molecule has 0 radical (unpaired) electrons. The van der Waals surface area contributed by atoms with Crippen LogP contribution in [0.4, 0.5) is 0 Å². The van der Waals surface area contributed by atoms with Crippen LogP contribution in [0.15, 0.2) is 4.52 Å². The molecule has 144 valence electrons. The normalized spacial score (nSPS) is 23.5. The molecule has 0 aromatic carbocycles. The predicted octanol–water partition coefficient (Wildman–Crippen LogP) is 3.46. The topological polar surface area (TPSA) is 68.5 Å². The summed E-state index contributed by atoms with van der Waals surface area (Å²) in [7, 11) is 1.64. The van der Waals surface area contributed by atoms with E-state index < -0.39 is 0 Å². The summed E-state index contributed by atoms with van der Waals surface area (Å²) in [6.07, 6.45) is 11.5. The summed E-state index contributed by atoms with van der Waals surface area (Å²) in [5.41, 5.74) is -0.0270. The van der Waals surface area contributed by atoms with Crippen LogP contribution in [0, 0.1) is 11.8 Å². The average molecular weight is 361 g/mol. The zero-order valence-corrected chi connectivity index (χ0v) is 15.9. The molecule has 0 unspecified atom stereocenters. The van der Waals surface area contributed by atoms with Crippen molar-refractivity contribution in [3.8, 4) is 0 Å². The van der Waals surface area contributed by atoms with E-state index in [1.807, 2.05) is 0 Å². The van der Waals surface area contributed by atoms with Crippen molar-refractivity contribution in [3.05, 3.63) is 11.7 Å². The molecule has 0 atom stereocenters. The lowest BCUT2D eigenvalue weighted by atomic mass is 9.73. The third-order valence-electron chi connectivity index (χ3n) is 6.60. The van der Waals surface area contributed by atoms with Gasteiger partial charge in [0.25, 0.3) is 5.89 Å². The molecule has 0 spiro atoms. The maximum Gasteiger partial charge on any atom is 0.252 e. The van der Waals surface area contributed by atoms with Gasteiger partial charge < -0.3 is 14.2 Å². The molecular weight excluding hydrogens is 330 g/mol. The minimum atomic E-state index is -0.0270. The first-order valence-electron chi connectivity index (χ1n) is 10.3. The van der Waals surface area contributed by atoms with Crippen molar-refractivity contribution in [1.82, 2.24) is 15.0 Å². The highest BCUT2D eigenvalue weighted by Gasteiger charge is 2.44. The molecule has 3 fully saturated rings. The first-order valence-corrected chi connectivity index (χ1v) is 10.3. The Bertz CT molecular complexity index is 612. The van der Waals surface area contributed by atoms with Gasteiger partial charge in [-0.2, -0.15) is 4.98 Å². The minimum Gasteiger partial charge on any atom is -0.375 e. The van der Waals surface area contributed by atoms with Crippen LogP contribution in [0.25, 0.3) is 0 Å². The minimum absolute atomic E-state index is 0.0270. The number of nitrogens with zero attached hydrogens (tertiary/aromatic N) is 3. The van der Waals surface area contributed by atoms with E-state index in [1.54, 1.807) is 7.11 Å². The lowest BCUT2D eigenvalue weighted by Gasteiger charge is -2.40. The Kier molecular flexibility index (Phi) is 5.30. The van der Waals surface area contributed by atoms with Crippen LogP contribution in [-0.4, -0.2) is 41.1 Å². The van der Waals surface area contributed by atoms with Gasteiger partial charge in [0.05, 0.1) is 0 Å². The van der Waals surface area contributed by atoms with E-state index in [0.717, 1.165) is 50.5 Å². The average Bonchev–Trinajstić information content (AvgIpc) is 3.10. The van der Waals surface area contributed by atoms with Gasteiger partial charge in [-0.05, 0) is 43.9 Å². The molecule has 1 saturated heterocycles. The molecule has 1 aromatic rings. The Labute approximate surface area is 155 Å². The predicted molar refractivity (Wildman–Crippen MR) is 96.4 cm³/mol. The summed E-state index contributed by atoms with van der Waals surface area (Å²) in [6, 6.07) is 0. The summed E-state index contributed by atoms with van der Waals surface area (Å²) in [6.45, 7) is 2.01. The number of carbonyl (C=O) groups is 1. The van der Waals surface area contributed by atoms with Gasteiger partial charge in [0.1, 0.15) is 6.61 Å². The van der Waals surface area contributed by atoms with Crippen LogP contribution in [0.5, 0.6) is 0 Å². The van der Waals surface area contributed by atoms with E-state index in [9.17, 15) is 4.79 Å². The fourth-order valence-corrected chi connectivity index (χ4v) is 4.82. The number of hydrogen-bond acceptors (Lipinski definition) is 5. The first kappa shape index (κ1) is 18.0. The highest BCUT2D eigenvalue weighted by Crippen LogP contribution is 2.46. The standard InChI is InChI=1S/C20H31N3O3/c1-25-14-17-21-19(22-26-17)20(13-16-6-7-16)8-10-23(11-9-20)18(24)12-15-4-2-3-5-15/h15-16H,2-14H2,1H3. The molecule has 2 heterocycles. The second-order valence-corrected chi connectivity index (χ2v) is 8.61. The van der Waals surface area contributed by atoms with Gasteiger partial charge in [-0.15, -0.1) is 0 Å². The quantitative estimate of drug-likeness (QED) is 0.744. The number of likely N-dealkylation sites (tertiary alicyclic amines) is 1. The molecule has 2 saturated carbocycles. The Balaban J connectivity index is 1.41. The molecule has 2 aliphatic carbocycles. The summed E-state index contributed by atoms with van der Waals surface area (Å²) in [5, 5.41) is 4.29. The molecule has 1 amide bonds. The highest BCUT2D eigenvalue weighted by molar-refractivity contribution is 5.76. The number of carbonyl (C=O) groups excluding carboxylic acids is 1. The monoisotopic (exact) mass is 361 g/mol. The number of piperidine rings is 1. The molecule has 0 bridgehead atoms. The van der Waals surface area contributed by atoms with Crippen molar-refractivity contribution in [2.45, 2.75) is 76.2 Å². The van der Waals surface area contributed by atoms with Crippen LogP contribution in [0.2, 0.25) is 0 Å². The van der Waals surface area contributed by atoms with Crippen LogP contribution in [0.3, 0.4) is 0 Å². The third-order valence-corrected chi connectivity index (χ3v) is 6.60. The van der Waals surface area contributed by atoms with Gasteiger partial charge in [0.15, 0.2) is 5.82 Å². The van der Waals surface area contributed by atoms with Crippen molar-refractivity contribution in [3.63, 3.8) is 0 Å². The summed E-state index contributed by atoms with van der Waals surface area (Å²) in [4.78, 5) is 19.4. The molecule has 3 aliphatic rings. The van der Waals surface area contributed by atoms with Crippen LogP contribution in [-0.2, 0) is 21.6 Å². The lowest BCUT2D eigenvalue weighted by molar-refractivity contribution is -0.134. The SMILES string of the molecule is COCc1nc(C2(CC3CC3)CCN(C(=O)CC3CCCC3)CC2)no1. The largest absolute Gasteiger partial charge is 0.375 e. The smallest absolute Gasteiger partial charge is 0.252 e. The summed E-state index contributed by atoms with van der Waals surface area (Å²) in [5.74, 6) is 3.15. The van der Waals surface area contributed by atoms with Gasteiger partial charge >= 0.3 is 0 Å². The molecule has 26 heavy (non-hydrogen) atoms. The molecule has 6 heteroatoms. The van der Waals surface area contributed by atoms with E-state index in [1.165, 1.54) is 38.5 Å². The zero-order valence-electron chi connectivity index (χ0n) is 15.9. The fraction of sp³-hybridized carbons (Fsp3) is 0.850.